The topological polar surface area (TPSA) is 79.5 Å². The van der Waals surface area contributed by atoms with Crippen LogP contribution in [0.5, 0.6) is 5.75 Å². The van der Waals surface area contributed by atoms with Crippen LogP contribution in [0.25, 0.3) is 0 Å². The lowest BCUT2D eigenvalue weighted by Crippen LogP contribution is -2.49. The van der Waals surface area contributed by atoms with E-state index in [4.69, 9.17) is 28.6 Å². The lowest BCUT2D eigenvalue weighted by atomic mass is 10.1. The van der Waals surface area contributed by atoms with E-state index in [2.05, 4.69) is 16.2 Å². The Hall–Kier alpha value is -2.64. The molecule has 0 heterocycles. The maximum atomic E-state index is 11.8. The molecule has 0 saturated heterocycles. The first-order chi connectivity index (χ1) is 12.0. The van der Waals surface area contributed by atoms with Gasteiger partial charge in [0.1, 0.15) is 5.75 Å². The van der Waals surface area contributed by atoms with Gasteiger partial charge in [-0.25, -0.2) is 0 Å². The lowest BCUT2D eigenvalue weighted by molar-refractivity contribution is -0.124. The van der Waals surface area contributed by atoms with Crippen LogP contribution in [0.3, 0.4) is 0 Å². The average Bonchev–Trinajstić information content (AvgIpc) is 2.60. The zero-order chi connectivity index (χ0) is 18.1. The van der Waals surface area contributed by atoms with Crippen LogP contribution in [0.15, 0.2) is 54.6 Å². The molecule has 0 spiro atoms. The molecular weight excluding hydrogens is 362 g/mol. The van der Waals surface area contributed by atoms with Crippen LogP contribution in [0, 0.1) is 0 Å². The van der Waals surface area contributed by atoms with Gasteiger partial charge in [-0.1, -0.05) is 54.1 Å². The fraction of sp³-hybridized carbons (Fsp3) is 0.118. The van der Waals surface area contributed by atoms with Crippen LogP contribution in [0.4, 0.5) is 0 Å². The maximum Gasteiger partial charge on any atom is 0.276 e. The van der Waals surface area contributed by atoms with E-state index in [0.29, 0.717) is 10.8 Å². The molecule has 0 aliphatic carbocycles. The first-order valence-corrected chi connectivity index (χ1v) is 8.13. The van der Waals surface area contributed by atoms with Crippen LogP contribution in [-0.4, -0.2) is 23.5 Å². The molecule has 2 aromatic carbocycles. The van der Waals surface area contributed by atoms with Crippen molar-refractivity contribution < 1.29 is 14.3 Å². The molecule has 0 aliphatic heterocycles. The molecule has 2 aromatic rings. The number of hydrogen-bond donors (Lipinski definition) is 3. The van der Waals surface area contributed by atoms with E-state index >= 15 is 0 Å². The number of halogens is 1. The highest BCUT2D eigenvalue weighted by atomic mass is 35.5. The summed E-state index contributed by atoms with van der Waals surface area (Å²) in [5, 5.41) is 2.87. The van der Waals surface area contributed by atoms with Crippen molar-refractivity contribution in [3.63, 3.8) is 0 Å². The van der Waals surface area contributed by atoms with Crippen molar-refractivity contribution in [1.29, 1.82) is 0 Å². The highest BCUT2D eigenvalue weighted by molar-refractivity contribution is 7.80. The van der Waals surface area contributed by atoms with Gasteiger partial charge >= 0.3 is 0 Å². The number of thiocarbonyl (C=S) groups is 1. The molecule has 3 N–H and O–H groups in total. The fourth-order valence-electron chi connectivity index (χ4n) is 1.85. The third-order valence-corrected chi connectivity index (χ3v) is 3.49. The van der Waals surface area contributed by atoms with E-state index in [0.717, 1.165) is 5.56 Å². The van der Waals surface area contributed by atoms with E-state index < -0.39 is 5.91 Å². The van der Waals surface area contributed by atoms with Crippen molar-refractivity contribution in [1.82, 2.24) is 16.2 Å². The summed E-state index contributed by atoms with van der Waals surface area (Å²) in [5.74, 6) is -0.358. The monoisotopic (exact) mass is 377 g/mol. The number of carbonyl (C=O) groups excluding carboxylic acids is 2. The number of nitrogens with one attached hydrogen (secondary N) is 3. The molecule has 0 aliphatic rings. The number of amides is 2. The normalized spacial score (nSPS) is 9.80. The molecule has 6 nitrogen and oxygen atoms in total. The number of ether oxygens (including phenoxy) is 1. The Labute approximate surface area is 155 Å². The highest BCUT2D eigenvalue weighted by Gasteiger charge is 2.08. The Bertz CT molecular complexity index is 756. The standard InChI is InChI=1S/C17H16ClN3O3S/c18-13-8-4-5-9-14(13)24-11-16(23)20-21-17(25)19-15(22)10-12-6-2-1-3-7-12/h1-9H,10-11H2,(H,20,23)(H2,19,21,22,25). The Balaban J connectivity index is 1.68. The summed E-state index contributed by atoms with van der Waals surface area (Å²) >= 11 is 10.9. The van der Waals surface area contributed by atoms with Crippen LogP contribution in [0.1, 0.15) is 5.56 Å². The van der Waals surface area contributed by atoms with Crippen molar-refractivity contribution in [2.75, 3.05) is 6.61 Å². The van der Waals surface area contributed by atoms with Crippen molar-refractivity contribution in [3.05, 3.63) is 65.2 Å². The van der Waals surface area contributed by atoms with Crippen molar-refractivity contribution >= 4 is 40.7 Å². The minimum absolute atomic E-state index is 0.00738. The van der Waals surface area contributed by atoms with Gasteiger partial charge in [0.05, 0.1) is 11.4 Å². The first kappa shape index (κ1) is 18.7. The van der Waals surface area contributed by atoms with Gasteiger partial charge in [0.2, 0.25) is 5.91 Å². The summed E-state index contributed by atoms with van der Waals surface area (Å²) in [4.78, 5) is 23.5. The predicted octanol–water partition coefficient (Wildman–Crippen LogP) is 1.98. The van der Waals surface area contributed by atoms with Crippen LogP contribution in [0.2, 0.25) is 5.02 Å². The first-order valence-electron chi connectivity index (χ1n) is 7.34. The van der Waals surface area contributed by atoms with Gasteiger partial charge < -0.3 is 10.1 Å². The molecule has 0 atom stereocenters. The Morgan fingerprint density at radius 3 is 2.36 bits per heavy atom. The zero-order valence-electron chi connectivity index (χ0n) is 13.1. The smallest absolute Gasteiger partial charge is 0.276 e. The lowest BCUT2D eigenvalue weighted by Gasteiger charge is -2.11. The summed E-state index contributed by atoms with van der Waals surface area (Å²) in [7, 11) is 0. The predicted molar refractivity (Wildman–Crippen MR) is 99.1 cm³/mol. The SMILES string of the molecule is O=C(COc1ccccc1Cl)NNC(=S)NC(=O)Cc1ccccc1. The second-order valence-electron chi connectivity index (χ2n) is 4.93. The summed E-state index contributed by atoms with van der Waals surface area (Å²) in [6, 6.07) is 16.0. The molecule has 2 rings (SSSR count). The molecule has 0 aromatic heterocycles. The second-order valence-corrected chi connectivity index (χ2v) is 5.75. The summed E-state index contributed by atoms with van der Waals surface area (Å²) < 4.78 is 5.28. The number of carbonyl (C=O) groups is 2. The van der Waals surface area contributed by atoms with Gasteiger partial charge in [0, 0.05) is 0 Å². The minimum Gasteiger partial charge on any atom is -0.482 e. The van der Waals surface area contributed by atoms with Gasteiger partial charge in [0.25, 0.3) is 5.91 Å². The van der Waals surface area contributed by atoms with E-state index in [1.165, 1.54) is 0 Å². The molecule has 0 bridgehead atoms. The highest BCUT2D eigenvalue weighted by Crippen LogP contribution is 2.22. The molecular formula is C17H16ClN3O3S. The second kappa shape index (κ2) is 9.61. The van der Waals surface area contributed by atoms with Gasteiger partial charge in [0.15, 0.2) is 11.7 Å². The summed E-state index contributed by atoms with van der Waals surface area (Å²) in [5.41, 5.74) is 5.63. The minimum atomic E-state index is -0.473. The largest absolute Gasteiger partial charge is 0.482 e. The van der Waals surface area contributed by atoms with E-state index in [9.17, 15) is 9.59 Å². The number of para-hydroxylation sites is 1. The van der Waals surface area contributed by atoms with Gasteiger partial charge in [-0.15, -0.1) is 0 Å². The molecule has 0 saturated carbocycles. The molecule has 2 amide bonds. The summed E-state index contributed by atoms with van der Waals surface area (Å²) in [6.45, 7) is -0.253. The fourth-order valence-corrected chi connectivity index (χ4v) is 2.21. The van der Waals surface area contributed by atoms with Crippen LogP contribution >= 0.6 is 23.8 Å². The average molecular weight is 378 g/mol. The van der Waals surface area contributed by atoms with E-state index in [1.807, 2.05) is 30.3 Å². The van der Waals surface area contributed by atoms with Crippen molar-refractivity contribution in [3.8, 4) is 5.75 Å². The molecule has 25 heavy (non-hydrogen) atoms. The van der Waals surface area contributed by atoms with Gasteiger partial charge in [-0.2, -0.15) is 0 Å². The quantitative estimate of drug-likeness (QED) is 0.548. The van der Waals surface area contributed by atoms with E-state index in [-0.39, 0.29) is 24.0 Å². The molecule has 0 fully saturated rings. The van der Waals surface area contributed by atoms with Crippen LogP contribution < -0.4 is 20.9 Å². The zero-order valence-corrected chi connectivity index (χ0v) is 14.7. The van der Waals surface area contributed by atoms with Crippen LogP contribution in [-0.2, 0) is 16.0 Å². The number of benzene rings is 2. The van der Waals surface area contributed by atoms with Crippen molar-refractivity contribution in [2.45, 2.75) is 6.42 Å². The number of hydrogen-bond acceptors (Lipinski definition) is 4. The molecule has 8 heteroatoms. The maximum absolute atomic E-state index is 11.8. The van der Waals surface area contributed by atoms with Gasteiger partial charge in [-0.3, -0.25) is 20.4 Å². The molecule has 0 radical (unpaired) electrons. The van der Waals surface area contributed by atoms with E-state index in [1.54, 1.807) is 24.3 Å². The molecule has 0 unspecified atom stereocenters. The Morgan fingerprint density at radius 1 is 0.960 bits per heavy atom. The van der Waals surface area contributed by atoms with Crippen molar-refractivity contribution in [2.24, 2.45) is 0 Å². The summed E-state index contributed by atoms with van der Waals surface area (Å²) in [6.07, 6.45) is 0.187. The number of rotatable bonds is 5. The number of hydrazine groups is 1. The molecule has 130 valence electrons. The third kappa shape index (κ3) is 6.78. The Kier molecular flexibility index (Phi) is 7.18. The third-order valence-electron chi connectivity index (χ3n) is 2.97. The van der Waals surface area contributed by atoms with Gasteiger partial charge in [-0.05, 0) is 29.9 Å². The Morgan fingerprint density at radius 2 is 1.64 bits per heavy atom.